The lowest BCUT2D eigenvalue weighted by atomic mass is 9.97. The van der Waals surface area contributed by atoms with E-state index in [1.165, 1.54) is 11.1 Å². The van der Waals surface area contributed by atoms with Gasteiger partial charge < -0.3 is 15.0 Å². The van der Waals surface area contributed by atoms with Crippen LogP contribution in [0.2, 0.25) is 5.02 Å². The van der Waals surface area contributed by atoms with Crippen molar-refractivity contribution in [1.29, 1.82) is 0 Å². The fourth-order valence-electron chi connectivity index (χ4n) is 4.03. The first-order valence-electron chi connectivity index (χ1n) is 11.1. The lowest BCUT2D eigenvalue weighted by Crippen LogP contribution is -2.40. The predicted octanol–water partition coefficient (Wildman–Crippen LogP) is 5.69. The summed E-state index contributed by atoms with van der Waals surface area (Å²) >= 11 is 12.1. The lowest BCUT2D eigenvalue weighted by Gasteiger charge is -2.30. The minimum atomic E-state index is 0.478. The molecule has 1 aliphatic rings. The van der Waals surface area contributed by atoms with Gasteiger partial charge in [0, 0.05) is 43.4 Å². The first-order chi connectivity index (χ1) is 14.9. The molecule has 0 bridgehead atoms. The minimum absolute atomic E-state index is 0.478. The standard InChI is InChI=1S/C25H34ClN3OS/c1-19(2)23-9-5-10-24(20(23)3)27-25(31)29(18-21-7-4-8-22(26)17-21)12-6-11-28-13-15-30-16-14-28/h4-5,7-10,17,19H,6,11-16,18H2,1-3H3,(H,27,31). The van der Waals surface area contributed by atoms with Crippen molar-refractivity contribution in [2.24, 2.45) is 0 Å². The van der Waals surface area contributed by atoms with E-state index < -0.39 is 0 Å². The molecule has 1 fully saturated rings. The lowest BCUT2D eigenvalue weighted by molar-refractivity contribution is 0.0368. The third-order valence-electron chi connectivity index (χ3n) is 5.80. The molecule has 0 amide bonds. The number of halogens is 1. The van der Waals surface area contributed by atoms with Crippen molar-refractivity contribution < 1.29 is 4.74 Å². The quantitative estimate of drug-likeness (QED) is 0.511. The molecular formula is C25H34ClN3OS. The van der Waals surface area contributed by atoms with Gasteiger partial charge in [-0.3, -0.25) is 4.90 Å². The van der Waals surface area contributed by atoms with Crippen molar-refractivity contribution in [1.82, 2.24) is 9.80 Å². The molecule has 0 aromatic heterocycles. The highest BCUT2D eigenvalue weighted by molar-refractivity contribution is 7.80. The third kappa shape index (κ3) is 7.18. The number of ether oxygens (including phenoxy) is 1. The van der Waals surface area contributed by atoms with Gasteiger partial charge in [0.1, 0.15) is 0 Å². The van der Waals surface area contributed by atoms with Crippen molar-refractivity contribution in [3.63, 3.8) is 0 Å². The van der Waals surface area contributed by atoms with E-state index in [2.05, 4.69) is 60.2 Å². The van der Waals surface area contributed by atoms with Gasteiger partial charge in [-0.1, -0.05) is 49.7 Å². The largest absolute Gasteiger partial charge is 0.379 e. The molecule has 0 radical (unpaired) electrons. The summed E-state index contributed by atoms with van der Waals surface area (Å²) in [5, 5.41) is 5.03. The van der Waals surface area contributed by atoms with E-state index in [0.717, 1.165) is 73.7 Å². The number of rotatable bonds is 8. The number of benzene rings is 2. The van der Waals surface area contributed by atoms with Crippen molar-refractivity contribution in [3.8, 4) is 0 Å². The average molecular weight is 460 g/mol. The maximum Gasteiger partial charge on any atom is 0.173 e. The Balaban J connectivity index is 1.69. The Morgan fingerprint density at radius 3 is 2.65 bits per heavy atom. The van der Waals surface area contributed by atoms with Gasteiger partial charge in [0.2, 0.25) is 0 Å². The van der Waals surface area contributed by atoms with Crippen LogP contribution in [0.15, 0.2) is 42.5 Å². The van der Waals surface area contributed by atoms with Crippen LogP contribution >= 0.6 is 23.8 Å². The Morgan fingerprint density at radius 1 is 1.19 bits per heavy atom. The SMILES string of the molecule is Cc1c(NC(=S)N(CCCN2CCOCC2)Cc2cccc(Cl)c2)cccc1C(C)C. The fourth-order valence-corrected chi connectivity index (χ4v) is 4.51. The molecule has 2 aromatic carbocycles. The smallest absolute Gasteiger partial charge is 0.173 e. The summed E-state index contributed by atoms with van der Waals surface area (Å²) in [5.74, 6) is 0.478. The molecule has 0 spiro atoms. The van der Waals surface area contributed by atoms with E-state index in [1.54, 1.807) is 0 Å². The molecule has 1 heterocycles. The molecule has 1 N–H and O–H groups in total. The van der Waals surface area contributed by atoms with Crippen LogP contribution in [0.5, 0.6) is 0 Å². The molecule has 0 saturated carbocycles. The van der Waals surface area contributed by atoms with E-state index in [4.69, 9.17) is 28.6 Å². The molecule has 0 unspecified atom stereocenters. The number of hydrogen-bond acceptors (Lipinski definition) is 3. The summed E-state index contributed by atoms with van der Waals surface area (Å²) in [4.78, 5) is 4.72. The summed E-state index contributed by atoms with van der Waals surface area (Å²) in [6.07, 6.45) is 1.05. The molecule has 3 rings (SSSR count). The highest BCUT2D eigenvalue weighted by Gasteiger charge is 2.15. The number of nitrogens with zero attached hydrogens (tertiary/aromatic N) is 2. The van der Waals surface area contributed by atoms with Crippen LogP contribution in [0.4, 0.5) is 5.69 Å². The Morgan fingerprint density at radius 2 is 1.94 bits per heavy atom. The molecule has 1 saturated heterocycles. The topological polar surface area (TPSA) is 27.7 Å². The summed E-state index contributed by atoms with van der Waals surface area (Å²) in [6.45, 7) is 13.0. The Bertz CT molecular complexity index is 868. The number of nitrogens with one attached hydrogen (secondary N) is 1. The summed E-state index contributed by atoms with van der Waals surface area (Å²) < 4.78 is 5.46. The summed E-state index contributed by atoms with van der Waals surface area (Å²) in [6, 6.07) is 14.4. The molecule has 2 aromatic rings. The molecule has 6 heteroatoms. The zero-order valence-corrected chi connectivity index (χ0v) is 20.4. The maximum absolute atomic E-state index is 6.23. The van der Waals surface area contributed by atoms with Gasteiger partial charge in [0.05, 0.1) is 13.2 Å². The minimum Gasteiger partial charge on any atom is -0.379 e. The van der Waals surface area contributed by atoms with E-state index in [9.17, 15) is 0 Å². The average Bonchev–Trinajstić information content (AvgIpc) is 2.75. The molecule has 0 atom stereocenters. The van der Waals surface area contributed by atoms with Crippen molar-refractivity contribution >= 4 is 34.6 Å². The third-order valence-corrected chi connectivity index (χ3v) is 6.39. The van der Waals surface area contributed by atoms with E-state index in [0.29, 0.717) is 5.92 Å². The molecule has 168 valence electrons. The van der Waals surface area contributed by atoms with Gasteiger partial charge in [-0.25, -0.2) is 0 Å². The van der Waals surface area contributed by atoms with Crippen LogP contribution in [0.25, 0.3) is 0 Å². The zero-order chi connectivity index (χ0) is 22.2. The highest BCUT2D eigenvalue weighted by Crippen LogP contribution is 2.25. The number of morpholine rings is 1. The van der Waals surface area contributed by atoms with E-state index in [-0.39, 0.29) is 0 Å². The van der Waals surface area contributed by atoms with Gasteiger partial charge in [0.15, 0.2) is 5.11 Å². The number of thiocarbonyl (C=S) groups is 1. The van der Waals surface area contributed by atoms with E-state index >= 15 is 0 Å². The second-order valence-electron chi connectivity index (χ2n) is 8.46. The zero-order valence-electron chi connectivity index (χ0n) is 18.9. The maximum atomic E-state index is 6.23. The van der Waals surface area contributed by atoms with Gasteiger partial charge in [-0.2, -0.15) is 0 Å². The summed E-state index contributed by atoms with van der Waals surface area (Å²) in [5.41, 5.74) is 4.86. The van der Waals surface area contributed by atoms with E-state index in [1.807, 2.05) is 18.2 Å². The van der Waals surface area contributed by atoms with Crippen molar-refractivity contribution in [3.05, 3.63) is 64.2 Å². The van der Waals surface area contributed by atoms with Gasteiger partial charge in [-0.05, 0) is 66.4 Å². The van der Waals surface area contributed by atoms with Crippen LogP contribution in [0.3, 0.4) is 0 Å². The highest BCUT2D eigenvalue weighted by atomic mass is 35.5. The van der Waals surface area contributed by atoms with Crippen LogP contribution < -0.4 is 5.32 Å². The molecule has 1 aliphatic heterocycles. The second kappa shape index (κ2) is 11.8. The first-order valence-corrected chi connectivity index (χ1v) is 11.9. The normalized spacial score (nSPS) is 14.6. The van der Waals surface area contributed by atoms with Gasteiger partial charge in [0.25, 0.3) is 0 Å². The number of hydrogen-bond donors (Lipinski definition) is 1. The van der Waals surface area contributed by atoms with Crippen LogP contribution in [0.1, 0.15) is 42.9 Å². The molecule has 4 nitrogen and oxygen atoms in total. The molecular weight excluding hydrogens is 426 g/mol. The molecule has 31 heavy (non-hydrogen) atoms. The number of anilines is 1. The van der Waals surface area contributed by atoms with Crippen LogP contribution in [-0.4, -0.2) is 54.3 Å². The van der Waals surface area contributed by atoms with Crippen molar-refractivity contribution in [2.45, 2.75) is 39.7 Å². The van der Waals surface area contributed by atoms with Crippen molar-refractivity contribution in [2.75, 3.05) is 44.7 Å². The van der Waals surface area contributed by atoms with Crippen LogP contribution in [-0.2, 0) is 11.3 Å². The van der Waals surface area contributed by atoms with Gasteiger partial charge in [-0.15, -0.1) is 0 Å². The van der Waals surface area contributed by atoms with Crippen LogP contribution in [0, 0.1) is 6.92 Å². The molecule has 0 aliphatic carbocycles. The Hall–Kier alpha value is -1.66. The fraction of sp³-hybridized carbons (Fsp3) is 0.480. The Labute approximate surface area is 197 Å². The summed E-state index contributed by atoms with van der Waals surface area (Å²) in [7, 11) is 0. The second-order valence-corrected chi connectivity index (χ2v) is 9.29. The monoisotopic (exact) mass is 459 g/mol. The Kier molecular flexibility index (Phi) is 9.15. The predicted molar refractivity (Wildman–Crippen MR) is 135 cm³/mol. The van der Waals surface area contributed by atoms with Gasteiger partial charge >= 0.3 is 0 Å². The first kappa shape index (κ1) is 24.0.